The third-order valence-electron chi connectivity index (χ3n) is 1.40. The molecule has 3 heteroatoms. The average molecular weight is 227 g/mol. The summed E-state index contributed by atoms with van der Waals surface area (Å²) < 4.78 is 0.979. The molecule has 0 saturated heterocycles. The van der Waals surface area contributed by atoms with Gasteiger partial charge in [-0.3, -0.25) is 0 Å². The van der Waals surface area contributed by atoms with Crippen molar-refractivity contribution in [2.75, 3.05) is 0 Å². The summed E-state index contributed by atoms with van der Waals surface area (Å²) in [5, 5.41) is 0. The number of rotatable bonds is 1. The molecule has 0 heterocycles. The quantitative estimate of drug-likeness (QED) is 0.581. The minimum absolute atomic E-state index is 0.569. The van der Waals surface area contributed by atoms with Gasteiger partial charge in [-0.15, -0.1) is 0 Å². The van der Waals surface area contributed by atoms with Crippen LogP contribution in [0, 0.1) is 6.92 Å². The second-order valence-corrected chi connectivity index (χ2v) is 3.56. The van der Waals surface area contributed by atoms with Crippen LogP contribution in [0.5, 0.6) is 0 Å². The summed E-state index contributed by atoms with van der Waals surface area (Å²) in [5.74, 6) is 0.569. The molecular weight excluding hydrogens is 216 g/mol. The molecule has 1 rings (SSSR count). The molecule has 1 aromatic carbocycles. The molecule has 2 N–H and O–H groups in total. The van der Waals surface area contributed by atoms with Crippen molar-refractivity contribution in [3.8, 4) is 0 Å². The third kappa shape index (κ3) is 2.34. The fourth-order valence-corrected chi connectivity index (χ4v) is 1.47. The Morgan fingerprint density at radius 2 is 2.17 bits per heavy atom. The van der Waals surface area contributed by atoms with Gasteiger partial charge in [-0.2, -0.15) is 0 Å². The van der Waals surface area contributed by atoms with E-state index in [2.05, 4.69) is 20.9 Å². The molecule has 64 valence electrons. The Morgan fingerprint density at radius 1 is 1.50 bits per heavy atom. The van der Waals surface area contributed by atoms with Gasteiger partial charge in [0.2, 0.25) is 0 Å². The van der Waals surface area contributed by atoms with E-state index in [0.29, 0.717) is 5.84 Å². The number of hydrogen-bond acceptors (Lipinski definition) is 1. The van der Waals surface area contributed by atoms with Crippen molar-refractivity contribution >= 4 is 27.5 Å². The van der Waals surface area contributed by atoms with Crippen LogP contribution in [0.4, 0.5) is 5.69 Å². The maximum Gasteiger partial charge on any atom is 0.0965 e. The van der Waals surface area contributed by atoms with Crippen LogP contribution >= 0.6 is 15.9 Å². The van der Waals surface area contributed by atoms with Crippen molar-refractivity contribution in [3.05, 3.63) is 28.2 Å². The van der Waals surface area contributed by atoms with Crippen molar-refractivity contribution in [2.24, 2.45) is 10.7 Å². The van der Waals surface area contributed by atoms with E-state index in [0.717, 1.165) is 10.2 Å². The Balaban J connectivity index is 3.10. The number of amidine groups is 1. The van der Waals surface area contributed by atoms with Crippen molar-refractivity contribution < 1.29 is 0 Å². The summed E-state index contributed by atoms with van der Waals surface area (Å²) in [6.45, 7) is 3.81. The fraction of sp³-hybridized carbons (Fsp3) is 0.222. The second kappa shape index (κ2) is 3.72. The van der Waals surface area contributed by atoms with Crippen LogP contribution in [0.25, 0.3) is 0 Å². The number of halogens is 1. The Labute approximate surface area is 80.6 Å². The van der Waals surface area contributed by atoms with Crippen LogP contribution in [-0.4, -0.2) is 5.84 Å². The third-order valence-corrected chi connectivity index (χ3v) is 2.04. The summed E-state index contributed by atoms with van der Waals surface area (Å²) in [5.41, 5.74) is 7.54. The molecule has 1 aromatic rings. The van der Waals surface area contributed by atoms with Crippen LogP contribution in [0.15, 0.2) is 27.7 Å². The van der Waals surface area contributed by atoms with E-state index in [9.17, 15) is 0 Å². The van der Waals surface area contributed by atoms with E-state index in [4.69, 9.17) is 5.73 Å². The van der Waals surface area contributed by atoms with Gasteiger partial charge in [0.15, 0.2) is 0 Å². The topological polar surface area (TPSA) is 38.4 Å². The number of nitrogens with two attached hydrogens (primary N) is 1. The molecule has 12 heavy (non-hydrogen) atoms. The van der Waals surface area contributed by atoms with Gasteiger partial charge in [0.05, 0.1) is 11.5 Å². The maximum atomic E-state index is 5.46. The molecule has 0 aliphatic rings. The van der Waals surface area contributed by atoms with Crippen molar-refractivity contribution in [1.29, 1.82) is 0 Å². The minimum atomic E-state index is 0.569. The van der Waals surface area contributed by atoms with Gasteiger partial charge in [-0.25, -0.2) is 4.99 Å². The first kappa shape index (κ1) is 9.26. The SMILES string of the molecule is CC(N)=Nc1ccc(C)cc1Br. The maximum absolute atomic E-state index is 5.46. The zero-order valence-corrected chi connectivity index (χ0v) is 8.72. The predicted molar refractivity (Wildman–Crippen MR) is 55.8 cm³/mol. The van der Waals surface area contributed by atoms with Crippen LogP contribution < -0.4 is 5.73 Å². The van der Waals surface area contributed by atoms with Gasteiger partial charge in [0.25, 0.3) is 0 Å². The molecule has 0 amide bonds. The summed E-state index contributed by atoms with van der Waals surface area (Å²) in [4.78, 5) is 4.15. The fourth-order valence-electron chi connectivity index (χ4n) is 0.893. The molecule has 0 aliphatic carbocycles. The van der Waals surface area contributed by atoms with Gasteiger partial charge in [-0.05, 0) is 47.5 Å². The largest absolute Gasteiger partial charge is 0.387 e. The molecular formula is C9H11BrN2. The van der Waals surface area contributed by atoms with Gasteiger partial charge in [0.1, 0.15) is 0 Å². The Bertz CT molecular complexity index is 314. The smallest absolute Gasteiger partial charge is 0.0965 e. The summed E-state index contributed by atoms with van der Waals surface area (Å²) in [6.07, 6.45) is 0. The van der Waals surface area contributed by atoms with Crippen molar-refractivity contribution in [2.45, 2.75) is 13.8 Å². The lowest BCUT2D eigenvalue weighted by molar-refractivity contribution is 1.39. The normalized spacial score (nSPS) is 11.8. The monoisotopic (exact) mass is 226 g/mol. The first-order chi connectivity index (χ1) is 5.59. The van der Waals surface area contributed by atoms with E-state index < -0.39 is 0 Å². The molecule has 0 unspecified atom stereocenters. The van der Waals surface area contributed by atoms with Crippen LogP contribution in [-0.2, 0) is 0 Å². The first-order valence-electron chi connectivity index (χ1n) is 3.66. The zero-order chi connectivity index (χ0) is 9.14. The van der Waals surface area contributed by atoms with E-state index >= 15 is 0 Å². The number of nitrogens with zero attached hydrogens (tertiary/aromatic N) is 1. The van der Waals surface area contributed by atoms with Crippen molar-refractivity contribution in [3.63, 3.8) is 0 Å². The molecule has 0 bridgehead atoms. The van der Waals surface area contributed by atoms with Crippen LogP contribution in [0.1, 0.15) is 12.5 Å². The van der Waals surface area contributed by atoms with E-state index in [1.807, 2.05) is 25.1 Å². The summed E-state index contributed by atoms with van der Waals surface area (Å²) in [7, 11) is 0. The van der Waals surface area contributed by atoms with Gasteiger partial charge in [-0.1, -0.05) is 6.07 Å². The lowest BCUT2D eigenvalue weighted by Crippen LogP contribution is -2.03. The van der Waals surface area contributed by atoms with Crippen LogP contribution in [0.2, 0.25) is 0 Å². The second-order valence-electron chi connectivity index (χ2n) is 2.71. The molecule has 0 saturated carbocycles. The Kier molecular flexibility index (Phi) is 2.87. The molecule has 0 spiro atoms. The molecule has 0 aromatic heterocycles. The van der Waals surface area contributed by atoms with E-state index in [-0.39, 0.29) is 0 Å². The number of benzene rings is 1. The van der Waals surface area contributed by atoms with E-state index in [1.165, 1.54) is 5.56 Å². The lowest BCUT2D eigenvalue weighted by atomic mass is 10.2. The highest BCUT2D eigenvalue weighted by Crippen LogP contribution is 2.25. The highest BCUT2D eigenvalue weighted by atomic mass is 79.9. The standard InChI is InChI=1S/C9H11BrN2/c1-6-3-4-9(8(10)5-6)12-7(2)11/h3-5H,1-2H3,(H2,11,12). The molecule has 0 atom stereocenters. The predicted octanol–water partition coefficient (Wildman–Crippen LogP) is 2.77. The molecule has 0 radical (unpaired) electrons. The molecule has 0 fully saturated rings. The molecule has 0 aliphatic heterocycles. The number of hydrogen-bond donors (Lipinski definition) is 1. The number of aryl methyl sites for hydroxylation is 1. The summed E-state index contributed by atoms with van der Waals surface area (Å²) in [6, 6.07) is 5.96. The Hall–Kier alpha value is -0.830. The lowest BCUT2D eigenvalue weighted by Gasteiger charge is -1.99. The first-order valence-corrected chi connectivity index (χ1v) is 4.46. The number of aliphatic imine (C=N–C) groups is 1. The van der Waals surface area contributed by atoms with E-state index in [1.54, 1.807) is 6.92 Å². The average Bonchev–Trinajstić information content (AvgIpc) is 1.94. The Morgan fingerprint density at radius 3 is 2.67 bits per heavy atom. The minimum Gasteiger partial charge on any atom is -0.387 e. The van der Waals surface area contributed by atoms with Gasteiger partial charge >= 0.3 is 0 Å². The molecule has 2 nitrogen and oxygen atoms in total. The van der Waals surface area contributed by atoms with Gasteiger partial charge in [0, 0.05) is 4.47 Å². The van der Waals surface area contributed by atoms with Gasteiger partial charge < -0.3 is 5.73 Å². The highest BCUT2D eigenvalue weighted by Gasteiger charge is 1.96. The van der Waals surface area contributed by atoms with Crippen LogP contribution in [0.3, 0.4) is 0 Å². The highest BCUT2D eigenvalue weighted by molar-refractivity contribution is 9.10. The van der Waals surface area contributed by atoms with Crippen molar-refractivity contribution in [1.82, 2.24) is 0 Å². The summed E-state index contributed by atoms with van der Waals surface area (Å²) >= 11 is 3.41. The zero-order valence-electron chi connectivity index (χ0n) is 7.13.